The second-order valence-electron chi connectivity index (χ2n) is 6.55. The van der Waals surface area contributed by atoms with Crippen LogP contribution in [0.4, 0.5) is 5.95 Å². The normalized spacial score (nSPS) is 14.8. The quantitative estimate of drug-likeness (QED) is 0.121. The molecule has 0 amide bonds. The van der Waals surface area contributed by atoms with Crippen LogP contribution in [0.2, 0.25) is 0 Å². The van der Waals surface area contributed by atoms with E-state index in [2.05, 4.69) is 24.6 Å². The summed E-state index contributed by atoms with van der Waals surface area (Å²) in [5, 5.41) is 0. The molecule has 178 valence electrons. The van der Waals surface area contributed by atoms with Gasteiger partial charge in [-0.1, -0.05) is 0 Å². The second-order valence-corrected chi connectivity index (χ2v) is 7.39. The van der Waals surface area contributed by atoms with Crippen molar-refractivity contribution >= 4 is 17.9 Å². The number of nitrogens with zero attached hydrogens (tertiary/aromatic N) is 4. The Morgan fingerprint density at radius 1 is 0.871 bits per heavy atom. The van der Waals surface area contributed by atoms with Gasteiger partial charge >= 0.3 is 0 Å². The van der Waals surface area contributed by atoms with Crippen molar-refractivity contribution in [3.05, 3.63) is 0 Å². The van der Waals surface area contributed by atoms with Gasteiger partial charge < -0.3 is 34.3 Å². The number of hydrogen-bond donors (Lipinski definition) is 3. The molecule has 0 saturated carbocycles. The van der Waals surface area contributed by atoms with Crippen LogP contribution < -0.4 is 30.8 Å². The molecule has 1 aromatic heterocycles. The SMILES string of the molecule is COc1nc(N2CCN(CCOCCOCCOCCN)CC2)nc(OC)c1SNN. The van der Waals surface area contributed by atoms with Crippen LogP contribution in [0, 0.1) is 0 Å². The standard InChI is InChI=1S/C18H35N7O5S/c1-26-16-15(31-23-20)17(27-2)22-18(21-16)25-6-4-24(5-7-25)8-10-29-12-14-30-13-11-28-9-3-19/h23H,3-14,19-20H2,1-2H3. The lowest BCUT2D eigenvalue weighted by molar-refractivity contribution is 0.0116. The fourth-order valence-corrected chi connectivity index (χ4v) is 3.50. The third-order valence-electron chi connectivity index (χ3n) is 4.55. The summed E-state index contributed by atoms with van der Waals surface area (Å²) in [5.41, 5.74) is 5.35. The summed E-state index contributed by atoms with van der Waals surface area (Å²) in [6.45, 7) is 8.31. The number of hydrogen-bond acceptors (Lipinski definition) is 13. The molecule has 2 heterocycles. The van der Waals surface area contributed by atoms with Gasteiger partial charge in [-0.05, 0) is 11.9 Å². The van der Waals surface area contributed by atoms with Crippen LogP contribution in [0.25, 0.3) is 0 Å². The molecule has 0 bridgehead atoms. The summed E-state index contributed by atoms with van der Waals surface area (Å²) in [7, 11) is 3.12. The van der Waals surface area contributed by atoms with Gasteiger partial charge in [-0.25, -0.2) is 0 Å². The number of ether oxygens (including phenoxy) is 5. The van der Waals surface area contributed by atoms with E-state index in [-0.39, 0.29) is 0 Å². The largest absolute Gasteiger partial charge is 0.480 e. The molecule has 0 atom stereocenters. The predicted octanol–water partition coefficient (Wildman–Crippen LogP) is -0.905. The van der Waals surface area contributed by atoms with Gasteiger partial charge in [0.05, 0.1) is 53.9 Å². The molecule has 0 spiro atoms. The van der Waals surface area contributed by atoms with Crippen LogP contribution in [-0.2, 0) is 14.2 Å². The zero-order valence-electron chi connectivity index (χ0n) is 18.4. The van der Waals surface area contributed by atoms with Gasteiger partial charge in [-0.2, -0.15) is 14.8 Å². The van der Waals surface area contributed by atoms with Gasteiger partial charge in [0.15, 0.2) is 0 Å². The van der Waals surface area contributed by atoms with Crippen molar-refractivity contribution in [2.75, 3.05) is 98.0 Å². The lowest BCUT2D eigenvalue weighted by atomic mass is 10.3. The highest BCUT2D eigenvalue weighted by Gasteiger charge is 2.23. The Labute approximate surface area is 188 Å². The lowest BCUT2D eigenvalue weighted by Gasteiger charge is -2.34. The fraction of sp³-hybridized carbons (Fsp3) is 0.778. The van der Waals surface area contributed by atoms with Gasteiger partial charge in [-0.3, -0.25) is 10.7 Å². The number of aromatic nitrogens is 2. The van der Waals surface area contributed by atoms with E-state index in [0.717, 1.165) is 44.7 Å². The number of nitrogens with one attached hydrogen (secondary N) is 1. The molecule has 1 aliphatic heterocycles. The number of nitrogens with two attached hydrogens (primary N) is 2. The van der Waals surface area contributed by atoms with E-state index in [1.807, 2.05) is 0 Å². The highest BCUT2D eigenvalue weighted by atomic mass is 32.2. The summed E-state index contributed by atoms with van der Waals surface area (Å²) in [4.78, 5) is 16.6. The van der Waals surface area contributed by atoms with Crippen molar-refractivity contribution in [1.82, 2.24) is 19.7 Å². The van der Waals surface area contributed by atoms with E-state index < -0.39 is 0 Å². The number of anilines is 1. The molecule has 0 aromatic carbocycles. The maximum Gasteiger partial charge on any atom is 0.237 e. The Balaban J connectivity index is 1.67. The first-order valence-electron chi connectivity index (χ1n) is 10.3. The highest BCUT2D eigenvalue weighted by molar-refractivity contribution is 7.97. The topological polar surface area (TPSA) is 142 Å². The maximum atomic E-state index is 5.65. The van der Waals surface area contributed by atoms with Crippen LogP contribution in [-0.4, -0.2) is 108 Å². The van der Waals surface area contributed by atoms with Crippen LogP contribution in [0.3, 0.4) is 0 Å². The summed E-state index contributed by atoms with van der Waals surface area (Å²) >= 11 is 1.15. The molecule has 0 aliphatic carbocycles. The summed E-state index contributed by atoms with van der Waals surface area (Å²) in [6.07, 6.45) is 0. The molecular weight excluding hydrogens is 426 g/mol. The van der Waals surface area contributed by atoms with Crippen LogP contribution in [0.15, 0.2) is 4.90 Å². The third-order valence-corrected chi connectivity index (χ3v) is 5.22. The number of hydrazine groups is 1. The van der Waals surface area contributed by atoms with Crippen LogP contribution in [0.5, 0.6) is 11.8 Å². The molecule has 1 saturated heterocycles. The highest BCUT2D eigenvalue weighted by Crippen LogP contribution is 2.34. The van der Waals surface area contributed by atoms with Gasteiger partial charge in [0.2, 0.25) is 17.7 Å². The first kappa shape index (κ1) is 25.8. The molecule has 0 unspecified atom stereocenters. The van der Waals surface area contributed by atoms with Crippen LogP contribution in [0.1, 0.15) is 0 Å². The minimum atomic E-state index is 0.425. The predicted molar refractivity (Wildman–Crippen MR) is 118 cm³/mol. The van der Waals surface area contributed by atoms with Gasteiger partial charge in [-0.15, -0.1) is 0 Å². The van der Waals surface area contributed by atoms with E-state index in [4.69, 9.17) is 35.3 Å². The Bertz CT molecular complexity index is 598. The van der Waals surface area contributed by atoms with Crippen molar-refractivity contribution in [3.8, 4) is 11.8 Å². The van der Waals surface area contributed by atoms with Crippen molar-refractivity contribution in [3.63, 3.8) is 0 Å². The molecule has 13 heteroatoms. The summed E-state index contributed by atoms with van der Waals surface area (Å²) in [6, 6.07) is 0. The minimum Gasteiger partial charge on any atom is -0.480 e. The van der Waals surface area contributed by atoms with E-state index in [1.54, 1.807) is 14.2 Å². The smallest absolute Gasteiger partial charge is 0.237 e. The first-order chi connectivity index (χ1) is 15.2. The Hall–Kier alpha value is -1.45. The molecule has 5 N–H and O–H groups in total. The molecule has 12 nitrogen and oxygen atoms in total. The Morgan fingerprint density at radius 3 is 1.94 bits per heavy atom. The molecule has 31 heavy (non-hydrogen) atoms. The average Bonchev–Trinajstić information content (AvgIpc) is 2.81. The lowest BCUT2D eigenvalue weighted by Crippen LogP contribution is -2.48. The van der Waals surface area contributed by atoms with Crippen molar-refractivity contribution in [1.29, 1.82) is 0 Å². The monoisotopic (exact) mass is 461 g/mol. The Morgan fingerprint density at radius 2 is 1.42 bits per heavy atom. The summed E-state index contributed by atoms with van der Waals surface area (Å²) in [5.74, 6) is 6.84. The molecule has 1 aromatic rings. The van der Waals surface area contributed by atoms with Crippen molar-refractivity contribution in [2.24, 2.45) is 11.6 Å². The second kappa shape index (κ2) is 15.4. The molecule has 0 radical (unpaired) electrons. The molecule has 1 fully saturated rings. The van der Waals surface area contributed by atoms with E-state index in [0.29, 0.717) is 68.8 Å². The minimum absolute atomic E-state index is 0.425. The van der Waals surface area contributed by atoms with Crippen molar-refractivity contribution in [2.45, 2.75) is 4.90 Å². The maximum absolute atomic E-state index is 5.65. The van der Waals surface area contributed by atoms with Gasteiger partial charge in [0, 0.05) is 39.3 Å². The fourth-order valence-electron chi connectivity index (χ4n) is 2.95. The molecule has 2 rings (SSSR count). The third kappa shape index (κ3) is 8.90. The van der Waals surface area contributed by atoms with Crippen LogP contribution >= 0.6 is 11.9 Å². The van der Waals surface area contributed by atoms with E-state index in [1.165, 1.54) is 0 Å². The van der Waals surface area contributed by atoms with Crippen molar-refractivity contribution < 1.29 is 23.7 Å². The molecular formula is C18H35N7O5S. The average molecular weight is 462 g/mol. The van der Waals surface area contributed by atoms with E-state index >= 15 is 0 Å². The number of piperazine rings is 1. The zero-order valence-corrected chi connectivity index (χ0v) is 19.2. The van der Waals surface area contributed by atoms with E-state index in [9.17, 15) is 0 Å². The number of methoxy groups -OCH3 is 2. The Kier molecular flexibility index (Phi) is 12.8. The zero-order chi connectivity index (χ0) is 22.3. The first-order valence-corrected chi connectivity index (χ1v) is 11.1. The van der Waals surface area contributed by atoms with Gasteiger partial charge in [0.25, 0.3) is 0 Å². The summed E-state index contributed by atoms with van der Waals surface area (Å²) < 4.78 is 27.1. The number of rotatable bonds is 16. The molecule has 1 aliphatic rings. The van der Waals surface area contributed by atoms with Gasteiger partial charge in [0.1, 0.15) is 4.90 Å².